The van der Waals surface area contributed by atoms with Crippen molar-refractivity contribution in [1.82, 2.24) is 14.3 Å². The lowest BCUT2D eigenvalue weighted by atomic mass is 9.79. The van der Waals surface area contributed by atoms with Gasteiger partial charge in [-0.15, -0.1) is 12.4 Å². The number of piperidine rings is 1. The van der Waals surface area contributed by atoms with Gasteiger partial charge in [-0.3, -0.25) is 14.0 Å². The van der Waals surface area contributed by atoms with E-state index in [4.69, 9.17) is 5.73 Å². The van der Waals surface area contributed by atoms with Crippen molar-refractivity contribution in [3.63, 3.8) is 0 Å². The second-order valence-electron chi connectivity index (χ2n) is 7.02. The van der Waals surface area contributed by atoms with Gasteiger partial charge in [0.1, 0.15) is 11.2 Å². The monoisotopic (exact) mass is 350 g/mol. The van der Waals surface area contributed by atoms with Crippen LogP contribution < -0.4 is 11.3 Å². The van der Waals surface area contributed by atoms with Gasteiger partial charge in [-0.25, -0.2) is 4.98 Å². The highest BCUT2D eigenvalue weighted by molar-refractivity contribution is 5.93. The van der Waals surface area contributed by atoms with Gasteiger partial charge in [0.15, 0.2) is 0 Å². The maximum Gasteiger partial charge on any atom is 0.270 e. The number of carbonyl (C=O) groups excluding carboxylic acids is 1. The van der Waals surface area contributed by atoms with Crippen LogP contribution in [0.2, 0.25) is 0 Å². The Morgan fingerprint density at radius 3 is 2.79 bits per heavy atom. The number of aryl methyl sites for hydroxylation is 1. The highest BCUT2D eigenvalue weighted by Gasteiger charge is 2.36. The summed E-state index contributed by atoms with van der Waals surface area (Å²) in [6, 6.07) is 3.71. The summed E-state index contributed by atoms with van der Waals surface area (Å²) in [5.74, 6) is -0.266. The Morgan fingerprint density at radius 2 is 2.12 bits per heavy atom. The number of fused-ring (bicyclic) bond motifs is 1. The van der Waals surface area contributed by atoms with E-state index in [1.807, 2.05) is 32.9 Å². The van der Waals surface area contributed by atoms with Gasteiger partial charge in [0.05, 0.1) is 0 Å². The van der Waals surface area contributed by atoms with E-state index in [1.54, 1.807) is 11.1 Å². The number of rotatable bonds is 1. The van der Waals surface area contributed by atoms with Crippen molar-refractivity contribution < 1.29 is 4.79 Å². The van der Waals surface area contributed by atoms with Crippen molar-refractivity contribution in [2.45, 2.75) is 33.2 Å². The van der Waals surface area contributed by atoms with Crippen LogP contribution in [-0.4, -0.2) is 39.3 Å². The molecule has 1 atom stereocenters. The smallest absolute Gasteiger partial charge is 0.270 e. The summed E-state index contributed by atoms with van der Waals surface area (Å²) >= 11 is 0. The summed E-state index contributed by atoms with van der Waals surface area (Å²) in [7, 11) is 0. The molecule has 3 heterocycles. The minimum atomic E-state index is -0.326. The molecule has 1 fully saturated rings. The molecule has 0 bridgehead atoms. The summed E-state index contributed by atoms with van der Waals surface area (Å²) in [5.41, 5.74) is 7.30. The third kappa shape index (κ3) is 3.16. The van der Waals surface area contributed by atoms with Gasteiger partial charge in [0.2, 0.25) is 0 Å². The Bertz CT molecular complexity index is 831. The SMILES string of the molecule is Cc1ccn2c(=O)c(C(=O)N3CCC(N)C(C)(C)C3)cnc2c1.Cl. The number of pyridine rings is 1. The van der Waals surface area contributed by atoms with E-state index in [0.29, 0.717) is 18.7 Å². The molecular formula is C17H23ClN4O2. The van der Waals surface area contributed by atoms with Gasteiger partial charge in [0, 0.05) is 31.5 Å². The van der Waals surface area contributed by atoms with Gasteiger partial charge in [-0.1, -0.05) is 13.8 Å². The highest BCUT2D eigenvalue weighted by atomic mass is 35.5. The van der Waals surface area contributed by atoms with Crippen LogP contribution in [0.1, 0.15) is 36.2 Å². The summed E-state index contributed by atoms with van der Waals surface area (Å²) in [5, 5.41) is 0. The summed E-state index contributed by atoms with van der Waals surface area (Å²) < 4.78 is 1.42. The summed E-state index contributed by atoms with van der Waals surface area (Å²) in [4.78, 5) is 31.3. The van der Waals surface area contributed by atoms with E-state index in [1.165, 1.54) is 10.6 Å². The molecular weight excluding hydrogens is 328 g/mol. The molecule has 2 aromatic rings. The maximum absolute atomic E-state index is 12.8. The van der Waals surface area contributed by atoms with E-state index in [9.17, 15) is 9.59 Å². The zero-order valence-electron chi connectivity index (χ0n) is 14.2. The molecule has 0 aliphatic carbocycles. The Hall–Kier alpha value is -1.92. The van der Waals surface area contributed by atoms with Gasteiger partial charge < -0.3 is 10.6 Å². The number of hydrogen-bond acceptors (Lipinski definition) is 4. The second-order valence-corrected chi connectivity index (χ2v) is 7.02. The molecule has 130 valence electrons. The number of likely N-dealkylation sites (tertiary alicyclic amines) is 1. The molecule has 2 aromatic heterocycles. The molecule has 1 aliphatic rings. The first-order valence-corrected chi connectivity index (χ1v) is 7.82. The molecule has 2 N–H and O–H groups in total. The number of nitrogens with two attached hydrogens (primary N) is 1. The fourth-order valence-electron chi connectivity index (χ4n) is 3.04. The van der Waals surface area contributed by atoms with Crippen molar-refractivity contribution in [2.75, 3.05) is 13.1 Å². The standard InChI is InChI=1S/C17H22N4O2.ClH/c1-11-4-7-21-14(8-11)19-9-12(16(21)23)15(22)20-6-5-13(18)17(2,3)10-20;/h4,7-9,13H,5-6,10,18H2,1-3H3;1H. The van der Waals surface area contributed by atoms with E-state index >= 15 is 0 Å². The lowest BCUT2D eigenvalue weighted by Gasteiger charge is -2.42. The molecule has 7 heteroatoms. The predicted molar refractivity (Wildman–Crippen MR) is 95.7 cm³/mol. The van der Waals surface area contributed by atoms with Crippen molar-refractivity contribution in [3.05, 3.63) is 46.0 Å². The van der Waals surface area contributed by atoms with Gasteiger partial charge in [-0.05, 0) is 36.5 Å². The van der Waals surface area contributed by atoms with Crippen LogP contribution in [0.25, 0.3) is 5.65 Å². The molecule has 1 aliphatic heterocycles. The Morgan fingerprint density at radius 1 is 1.42 bits per heavy atom. The van der Waals surface area contributed by atoms with Crippen LogP contribution in [0, 0.1) is 12.3 Å². The average Bonchev–Trinajstić information content (AvgIpc) is 2.49. The minimum absolute atomic E-state index is 0. The van der Waals surface area contributed by atoms with Crippen molar-refractivity contribution >= 4 is 24.0 Å². The van der Waals surface area contributed by atoms with E-state index < -0.39 is 0 Å². The quantitative estimate of drug-likeness (QED) is 0.847. The Kier molecular flexibility index (Phi) is 5.01. The first kappa shape index (κ1) is 18.4. The zero-order chi connectivity index (χ0) is 16.8. The molecule has 0 spiro atoms. The number of carbonyl (C=O) groups is 1. The normalized spacial score (nSPS) is 19.8. The molecule has 0 radical (unpaired) electrons. The van der Waals surface area contributed by atoms with Crippen LogP contribution in [-0.2, 0) is 0 Å². The third-order valence-corrected chi connectivity index (χ3v) is 4.70. The van der Waals surface area contributed by atoms with Gasteiger partial charge in [0.25, 0.3) is 11.5 Å². The summed E-state index contributed by atoms with van der Waals surface area (Å²) in [6.45, 7) is 7.14. The molecule has 24 heavy (non-hydrogen) atoms. The highest BCUT2D eigenvalue weighted by Crippen LogP contribution is 2.28. The first-order chi connectivity index (χ1) is 10.8. The van der Waals surface area contributed by atoms with Gasteiger partial charge in [-0.2, -0.15) is 0 Å². The largest absolute Gasteiger partial charge is 0.338 e. The first-order valence-electron chi connectivity index (χ1n) is 7.82. The fourth-order valence-corrected chi connectivity index (χ4v) is 3.04. The topological polar surface area (TPSA) is 80.7 Å². The Balaban J connectivity index is 0.00000208. The maximum atomic E-state index is 12.8. The molecule has 0 saturated carbocycles. The van der Waals surface area contributed by atoms with Crippen molar-refractivity contribution in [2.24, 2.45) is 11.1 Å². The number of amides is 1. The lowest BCUT2D eigenvalue weighted by molar-refractivity contribution is 0.0530. The van der Waals surface area contributed by atoms with Crippen LogP contribution in [0.5, 0.6) is 0 Å². The number of halogens is 1. The van der Waals surface area contributed by atoms with Crippen LogP contribution >= 0.6 is 12.4 Å². The van der Waals surface area contributed by atoms with Crippen molar-refractivity contribution in [3.8, 4) is 0 Å². The third-order valence-electron chi connectivity index (χ3n) is 4.70. The number of aromatic nitrogens is 2. The molecule has 1 unspecified atom stereocenters. The molecule has 3 rings (SSSR count). The lowest BCUT2D eigenvalue weighted by Crippen LogP contribution is -2.54. The van der Waals surface area contributed by atoms with Crippen LogP contribution in [0.15, 0.2) is 29.3 Å². The van der Waals surface area contributed by atoms with Crippen LogP contribution in [0.3, 0.4) is 0 Å². The summed E-state index contributed by atoms with van der Waals surface area (Å²) in [6.07, 6.45) is 3.79. The van der Waals surface area contributed by atoms with E-state index in [2.05, 4.69) is 4.98 Å². The average molecular weight is 351 g/mol. The Labute approximate surface area is 147 Å². The molecule has 1 saturated heterocycles. The zero-order valence-corrected chi connectivity index (χ0v) is 15.0. The molecule has 6 nitrogen and oxygen atoms in total. The van der Waals surface area contributed by atoms with Crippen molar-refractivity contribution in [1.29, 1.82) is 0 Å². The number of nitrogens with zero attached hydrogens (tertiary/aromatic N) is 3. The molecule has 1 amide bonds. The molecule has 0 aromatic carbocycles. The van der Waals surface area contributed by atoms with E-state index in [0.717, 1.165) is 12.0 Å². The fraction of sp³-hybridized carbons (Fsp3) is 0.471. The minimum Gasteiger partial charge on any atom is -0.338 e. The van der Waals surface area contributed by atoms with Gasteiger partial charge >= 0.3 is 0 Å². The van der Waals surface area contributed by atoms with Crippen LogP contribution in [0.4, 0.5) is 0 Å². The number of hydrogen-bond donors (Lipinski definition) is 1. The predicted octanol–water partition coefficient (Wildman–Crippen LogP) is 1.62. The van der Waals surface area contributed by atoms with E-state index in [-0.39, 0.29) is 40.9 Å². The second kappa shape index (κ2) is 6.53.